The molecular formula is C34H37F3N4O2. The van der Waals surface area contributed by atoms with Gasteiger partial charge in [0.1, 0.15) is 0 Å². The molecule has 2 aromatic carbocycles. The van der Waals surface area contributed by atoms with Gasteiger partial charge in [-0.1, -0.05) is 36.4 Å². The van der Waals surface area contributed by atoms with Crippen molar-refractivity contribution in [2.75, 3.05) is 33.2 Å². The van der Waals surface area contributed by atoms with Crippen LogP contribution in [0.5, 0.6) is 0 Å². The number of piperidine rings is 2. The number of amides is 1. The maximum atomic E-state index is 13.6. The molecule has 9 heteroatoms. The number of hydrogen-bond donors (Lipinski definition) is 0. The molecule has 5 rings (SSSR count). The van der Waals surface area contributed by atoms with Gasteiger partial charge in [-0.15, -0.1) is 0 Å². The van der Waals surface area contributed by atoms with Crippen molar-refractivity contribution in [2.24, 2.45) is 0 Å². The van der Waals surface area contributed by atoms with Crippen LogP contribution in [0.25, 0.3) is 6.08 Å². The van der Waals surface area contributed by atoms with Gasteiger partial charge in [-0.3, -0.25) is 14.6 Å². The Hall–Kier alpha value is -3.82. The zero-order valence-electron chi connectivity index (χ0n) is 24.3. The highest BCUT2D eigenvalue weighted by molar-refractivity contribution is 6.08. The second kappa shape index (κ2) is 13.7. The number of pyridine rings is 1. The second-order valence-corrected chi connectivity index (χ2v) is 11.5. The molecule has 0 unspecified atom stereocenters. The molecule has 0 atom stereocenters. The smallest absolute Gasteiger partial charge is 0.332 e. The Labute approximate surface area is 250 Å². The molecule has 2 aliphatic heterocycles. The van der Waals surface area contributed by atoms with Gasteiger partial charge in [0.05, 0.1) is 5.56 Å². The zero-order valence-corrected chi connectivity index (χ0v) is 24.3. The molecule has 0 saturated carbocycles. The normalized spacial score (nSPS) is 17.8. The Morgan fingerprint density at radius 2 is 1.47 bits per heavy atom. The average Bonchev–Trinajstić information content (AvgIpc) is 3.03. The summed E-state index contributed by atoms with van der Waals surface area (Å²) in [5.74, 6) is -0.280. The summed E-state index contributed by atoms with van der Waals surface area (Å²) < 4.78 is 38.9. The molecule has 1 aromatic heterocycles. The van der Waals surface area contributed by atoms with Crippen molar-refractivity contribution in [3.05, 3.63) is 107 Å². The van der Waals surface area contributed by atoms with E-state index in [1.54, 1.807) is 42.7 Å². The maximum absolute atomic E-state index is 13.6. The third-order valence-electron chi connectivity index (χ3n) is 8.60. The Balaban J connectivity index is 1.30. The first-order valence-electron chi connectivity index (χ1n) is 14.8. The molecule has 1 amide bonds. The lowest BCUT2D eigenvalue weighted by Crippen LogP contribution is -2.51. The average molecular weight is 591 g/mol. The van der Waals surface area contributed by atoms with Crippen molar-refractivity contribution >= 4 is 17.8 Å². The van der Waals surface area contributed by atoms with Gasteiger partial charge in [0.2, 0.25) is 5.91 Å². The van der Waals surface area contributed by atoms with Crippen LogP contribution in [0.15, 0.2) is 79.1 Å². The molecule has 0 N–H and O–H groups in total. The fourth-order valence-electron chi connectivity index (χ4n) is 5.98. The molecule has 0 spiro atoms. The fraction of sp³-hybridized carbons (Fsp3) is 0.382. The monoisotopic (exact) mass is 590 g/mol. The van der Waals surface area contributed by atoms with Crippen LogP contribution >= 0.6 is 0 Å². The Morgan fingerprint density at radius 3 is 2.07 bits per heavy atom. The van der Waals surface area contributed by atoms with Crippen LogP contribution in [0.4, 0.5) is 13.2 Å². The van der Waals surface area contributed by atoms with Gasteiger partial charge in [0.15, 0.2) is 5.78 Å². The number of halogens is 3. The van der Waals surface area contributed by atoms with Crippen LogP contribution < -0.4 is 0 Å². The number of benzene rings is 2. The summed E-state index contributed by atoms with van der Waals surface area (Å²) in [6.07, 6.45) is 5.80. The Morgan fingerprint density at radius 1 is 0.860 bits per heavy atom. The highest BCUT2D eigenvalue weighted by Gasteiger charge is 2.32. The lowest BCUT2D eigenvalue weighted by atomic mass is 9.96. The number of ketones is 1. The van der Waals surface area contributed by atoms with Crippen LogP contribution in [0.3, 0.4) is 0 Å². The van der Waals surface area contributed by atoms with Crippen molar-refractivity contribution in [1.82, 2.24) is 19.7 Å². The summed E-state index contributed by atoms with van der Waals surface area (Å²) in [5, 5.41) is 0. The van der Waals surface area contributed by atoms with E-state index in [1.807, 2.05) is 17.0 Å². The van der Waals surface area contributed by atoms with Crippen molar-refractivity contribution in [2.45, 2.75) is 50.5 Å². The second-order valence-electron chi connectivity index (χ2n) is 11.5. The van der Waals surface area contributed by atoms with Gasteiger partial charge in [0, 0.05) is 61.3 Å². The predicted molar refractivity (Wildman–Crippen MR) is 160 cm³/mol. The molecule has 2 aliphatic rings. The quantitative estimate of drug-likeness (QED) is 0.241. The van der Waals surface area contributed by atoms with Crippen molar-refractivity contribution in [1.29, 1.82) is 0 Å². The van der Waals surface area contributed by atoms with E-state index in [0.29, 0.717) is 29.3 Å². The van der Waals surface area contributed by atoms with Crippen molar-refractivity contribution in [3.8, 4) is 0 Å². The topological polar surface area (TPSA) is 56.8 Å². The van der Waals surface area contributed by atoms with Crippen LogP contribution in [0.1, 0.15) is 58.3 Å². The van der Waals surface area contributed by atoms with E-state index < -0.39 is 11.7 Å². The summed E-state index contributed by atoms with van der Waals surface area (Å²) in [4.78, 5) is 37.2. The minimum Gasteiger partial charge on any atom is -0.332 e. The number of nitrogens with zero attached hydrogens (tertiary/aromatic N) is 4. The molecule has 0 bridgehead atoms. The van der Waals surface area contributed by atoms with E-state index in [9.17, 15) is 22.8 Å². The highest BCUT2D eigenvalue weighted by atomic mass is 19.4. The fourth-order valence-corrected chi connectivity index (χ4v) is 5.98. The van der Waals surface area contributed by atoms with Gasteiger partial charge >= 0.3 is 6.18 Å². The Bertz CT molecular complexity index is 1390. The molecular weight excluding hydrogens is 553 g/mol. The van der Waals surface area contributed by atoms with E-state index in [2.05, 4.69) is 21.8 Å². The molecule has 2 saturated heterocycles. The standard InChI is InChI=1S/C34H37F3N4O2/c1-39-20-14-30(15-21-39)40-22-16-31(17-23-40)41(32(42)11-6-25-4-9-29(10-5-25)34(35,36)37)24-26-2-7-27(8-3-26)33(43)28-12-18-38-19-13-28/h2-13,18-19,30-31H,14-17,20-24H2,1H3/b11-6+. The van der Waals surface area contributed by atoms with E-state index in [4.69, 9.17) is 0 Å². The van der Waals surface area contributed by atoms with E-state index >= 15 is 0 Å². The summed E-state index contributed by atoms with van der Waals surface area (Å²) in [5.41, 5.74) is 1.82. The third kappa shape index (κ3) is 7.97. The molecule has 3 heterocycles. The summed E-state index contributed by atoms with van der Waals surface area (Å²) in [6.45, 7) is 4.42. The maximum Gasteiger partial charge on any atom is 0.416 e. The van der Waals surface area contributed by atoms with Crippen LogP contribution in [-0.2, 0) is 17.5 Å². The van der Waals surface area contributed by atoms with E-state index in [0.717, 1.165) is 69.6 Å². The van der Waals surface area contributed by atoms with E-state index in [1.165, 1.54) is 18.2 Å². The lowest BCUT2D eigenvalue weighted by Gasteiger charge is -2.43. The number of rotatable bonds is 8. The first kappa shape index (κ1) is 30.6. The molecule has 0 aliphatic carbocycles. The molecule has 6 nitrogen and oxygen atoms in total. The predicted octanol–water partition coefficient (Wildman–Crippen LogP) is 5.93. The number of likely N-dealkylation sites (tertiary alicyclic amines) is 2. The Kier molecular flexibility index (Phi) is 9.72. The third-order valence-corrected chi connectivity index (χ3v) is 8.60. The SMILES string of the molecule is CN1CCC(N2CCC(N(Cc3ccc(C(=O)c4ccncc4)cc3)C(=O)/C=C/c3ccc(C(F)(F)F)cc3)CC2)CC1. The first-order chi connectivity index (χ1) is 20.7. The number of aromatic nitrogens is 1. The van der Waals surface area contributed by atoms with Gasteiger partial charge in [-0.2, -0.15) is 13.2 Å². The zero-order chi connectivity index (χ0) is 30.4. The van der Waals surface area contributed by atoms with Crippen LogP contribution in [-0.4, -0.2) is 76.7 Å². The van der Waals surface area contributed by atoms with Gasteiger partial charge in [-0.25, -0.2) is 0 Å². The number of hydrogen-bond acceptors (Lipinski definition) is 5. The van der Waals surface area contributed by atoms with Crippen LogP contribution in [0, 0.1) is 0 Å². The minimum atomic E-state index is -4.41. The van der Waals surface area contributed by atoms with Gasteiger partial charge < -0.3 is 14.7 Å². The van der Waals surface area contributed by atoms with Gasteiger partial charge in [-0.05, 0) is 87.3 Å². The largest absolute Gasteiger partial charge is 0.416 e. The summed E-state index contributed by atoms with van der Waals surface area (Å²) in [6, 6.07) is 16.1. The number of carbonyl (C=O) groups is 2. The molecule has 0 radical (unpaired) electrons. The first-order valence-corrected chi connectivity index (χ1v) is 14.8. The van der Waals surface area contributed by atoms with E-state index in [-0.39, 0.29) is 17.7 Å². The number of carbonyl (C=O) groups excluding carboxylic acids is 2. The summed E-state index contributed by atoms with van der Waals surface area (Å²) in [7, 11) is 2.16. The molecule has 43 heavy (non-hydrogen) atoms. The van der Waals surface area contributed by atoms with Crippen molar-refractivity contribution in [3.63, 3.8) is 0 Å². The molecule has 2 fully saturated rings. The van der Waals surface area contributed by atoms with Gasteiger partial charge in [0.25, 0.3) is 0 Å². The van der Waals surface area contributed by atoms with Crippen LogP contribution in [0.2, 0.25) is 0 Å². The summed E-state index contributed by atoms with van der Waals surface area (Å²) >= 11 is 0. The minimum absolute atomic E-state index is 0.0328. The number of alkyl halides is 3. The van der Waals surface area contributed by atoms with Crippen molar-refractivity contribution < 1.29 is 22.8 Å². The highest BCUT2D eigenvalue weighted by Crippen LogP contribution is 2.29. The molecule has 226 valence electrons. The molecule has 3 aromatic rings. The lowest BCUT2D eigenvalue weighted by molar-refractivity contribution is -0.137.